The molecule has 0 amide bonds. The maximum atomic E-state index is 11.1. The molecule has 0 N–H and O–H groups in total. The van der Waals surface area contributed by atoms with Gasteiger partial charge in [0.05, 0.1) is 20.3 Å². The summed E-state index contributed by atoms with van der Waals surface area (Å²) in [6, 6.07) is 10.0. The van der Waals surface area contributed by atoms with E-state index in [1.54, 1.807) is 13.8 Å². The predicted molar refractivity (Wildman–Crippen MR) is 164 cm³/mol. The minimum Gasteiger partial charge on any atom is -0.466 e. The number of hydrogen-bond acceptors (Lipinski definition) is 6. The summed E-state index contributed by atoms with van der Waals surface area (Å²) in [6.45, 7) is 24.5. The fourth-order valence-corrected chi connectivity index (χ4v) is 2.35. The molecule has 0 heterocycles. The van der Waals surface area contributed by atoms with Gasteiger partial charge in [0.2, 0.25) is 0 Å². The van der Waals surface area contributed by atoms with E-state index in [1.165, 1.54) is 31.6 Å². The van der Waals surface area contributed by atoms with E-state index in [2.05, 4.69) is 49.6 Å². The van der Waals surface area contributed by atoms with Crippen LogP contribution in [-0.4, -0.2) is 67.8 Å². The molecule has 0 aliphatic heterocycles. The van der Waals surface area contributed by atoms with Gasteiger partial charge in [0.25, 0.3) is 0 Å². The Morgan fingerprint density at radius 2 is 1.41 bits per heavy atom. The molecular weight excluding hydrogens is 503 g/mol. The van der Waals surface area contributed by atoms with Gasteiger partial charge in [-0.1, -0.05) is 109 Å². The van der Waals surface area contributed by atoms with Crippen LogP contribution in [0.4, 0.5) is 0 Å². The first-order chi connectivity index (χ1) is 18.0. The zero-order chi connectivity index (χ0) is 29.8. The molecule has 0 aliphatic rings. The molecule has 1 rings (SSSR count). The first kappa shape index (κ1) is 43.6. The standard InChI is InChI=1S/C12H22O2.C8H8.C7H12O2.C5H8O2.Na/c1-5-7-8-11(6-2)9-14-12(13)10(3)4;1-2-8-6-4-3-5-7-8;1-3-5-6-9-7(8)4-2;1-4(2)5(6)7-3;/h11H,3,5-9H2,1-2,4H3;2-7H,1H2;4H,2-3,5-6H2,1H3;1H2,2-3H3;. The number of benzene rings is 1. The maximum absolute atomic E-state index is 11.1. The summed E-state index contributed by atoms with van der Waals surface area (Å²) in [5.41, 5.74) is 2.09. The van der Waals surface area contributed by atoms with Gasteiger partial charge in [-0.2, -0.15) is 0 Å². The van der Waals surface area contributed by atoms with Crippen LogP contribution in [0.3, 0.4) is 0 Å². The summed E-state index contributed by atoms with van der Waals surface area (Å²) < 4.78 is 14.1. The van der Waals surface area contributed by atoms with Crippen molar-refractivity contribution < 1.29 is 28.6 Å². The zero-order valence-corrected chi connectivity index (χ0v) is 27.6. The Bertz CT molecular complexity index is 817. The van der Waals surface area contributed by atoms with E-state index in [1.807, 2.05) is 43.3 Å². The van der Waals surface area contributed by atoms with Gasteiger partial charge in [-0.3, -0.25) is 0 Å². The van der Waals surface area contributed by atoms with E-state index in [-0.39, 0.29) is 47.5 Å². The Kier molecular flexibility index (Phi) is 35.6. The SMILES string of the molecule is C=C(C)C(=O)OC.C=C(C)C(=O)OCC(CC)CCCC.C=CC(=O)OCCCC.C=Cc1ccccc1.[Na]. The Morgan fingerprint density at radius 1 is 0.872 bits per heavy atom. The van der Waals surface area contributed by atoms with Crippen LogP contribution in [0, 0.1) is 5.92 Å². The Morgan fingerprint density at radius 3 is 1.74 bits per heavy atom. The Balaban J connectivity index is -0.000000216. The number of methoxy groups -OCH3 is 1. The monoisotopic (exact) mass is 553 g/mol. The van der Waals surface area contributed by atoms with Gasteiger partial charge < -0.3 is 14.2 Å². The van der Waals surface area contributed by atoms with Gasteiger partial charge in [0.1, 0.15) is 0 Å². The molecule has 0 aliphatic carbocycles. The molecule has 0 fully saturated rings. The van der Waals surface area contributed by atoms with Crippen molar-refractivity contribution in [2.75, 3.05) is 20.3 Å². The average Bonchev–Trinajstić information content (AvgIpc) is 2.93. The molecule has 1 aromatic carbocycles. The number of hydrogen-bond donors (Lipinski definition) is 0. The summed E-state index contributed by atoms with van der Waals surface area (Å²) in [5.74, 6) is -0.429. The van der Waals surface area contributed by atoms with Crippen molar-refractivity contribution in [2.24, 2.45) is 5.92 Å². The van der Waals surface area contributed by atoms with Gasteiger partial charge in [0.15, 0.2) is 0 Å². The van der Waals surface area contributed by atoms with E-state index in [0.29, 0.717) is 30.3 Å². The quantitative estimate of drug-likeness (QED) is 0.0826. The van der Waals surface area contributed by atoms with Crippen molar-refractivity contribution in [3.63, 3.8) is 0 Å². The second-order valence-electron chi connectivity index (χ2n) is 8.41. The topological polar surface area (TPSA) is 78.9 Å². The average molecular weight is 554 g/mol. The first-order valence-corrected chi connectivity index (χ1v) is 13.1. The molecule has 1 atom stereocenters. The minimum atomic E-state index is -0.347. The molecule has 6 nitrogen and oxygen atoms in total. The van der Waals surface area contributed by atoms with Crippen molar-refractivity contribution in [1.29, 1.82) is 0 Å². The summed E-state index contributed by atoms with van der Waals surface area (Å²) in [6.07, 6.45) is 9.62. The molecule has 39 heavy (non-hydrogen) atoms. The molecule has 215 valence electrons. The van der Waals surface area contributed by atoms with Gasteiger partial charge in [0, 0.05) is 46.8 Å². The summed E-state index contributed by atoms with van der Waals surface area (Å²) in [7, 11) is 1.33. The molecule has 1 radical (unpaired) electrons. The van der Waals surface area contributed by atoms with E-state index in [0.717, 1.165) is 25.7 Å². The van der Waals surface area contributed by atoms with Crippen LogP contribution in [0.25, 0.3) is 6.08 Å². The smallest absolute Gasteiger partial charge is 0.333 e. The van der Waals surface area contributed by atoms with Gasteiger partial charge in [-0.15, -0.1) is 0 Å². The molecule has 0 aromatic heterocycles. The molecular formula is C32H50NaO6. The number of ether oxygens (including phenoxy) is 3. The number of carbonyl (C=O) groups excluding carboxylic acids is 3. The van der Waals surface area contributed by atoms with Crippen molar-refractivity contribution in [3.8, 4) is 0 Å². The molecule has 0 bridgehead atoms. The number of esters is 3. The molecule has 1 unspecified atom stereocenters. The van der Waals surface area contributed by atoms with Crippen LogP contribution in [0.2, 0.25) is 0 Å². The van der Waals surface area contributed by atoms with Crippen LogP contribution in [0.15, 0.2) is 73.9 Å². The van der Waals surface area contributed by atoms with Crippen molar-refractivity contribution in [3.05, 3.63) is 79.4 Å². The largest absolute Gasteiger partial charge is 0.466 e. The fraction of sp³-hybridized carbons (Fsp3) is 0.469. The molecule has 7 heteroatoms. The third-order valence-corrected chi connectivity index (χ3v) is 4.82. The second kappa shape index (κ2) is 31.8. The van der Waals surface area contributed by atoms with Gasteiger partial charge in [-0.25, -0.2) is 14.4 Å². The first-order valence-electron chi connectivity index (χ1n) is 13.1. The van der Waals surface area contributed by atoms with Crippen molar-refractivity contribution >= 4 is 53.5 Å². The Hall–Kier alpha value is -2.41. The Labute approximate surface area is 259 Å². The predicted octanol–water partition coefficient (Wildman–Crippen LogP) is 7.52. The normalized spacial score (nSPS) is 9.49. The van der Waals surface area contributed by atoms with Crippen LogP contribution in [0.5, 0.6) is 0 Å². The van der Waals surface area contributed by atoms with Crippen LogP contribution < -0.4 is 0 Å². The third kappa shape index (κ3) is 31.7. The minimum absolute atomic E-state index is 0. The summed E-state index contributed by atoms with van der Waals surface area (Å²) in [5, 5.41) is 0. The van der Waals surface area contributed by atoms with Crippen molar-refractivity contribution in [2.45, 2.75) is 73.1 Å². The molecule has 0 saturated heterocycles. The van der Waals surface area contributed by atoms with Gasteiger partial charge in [-0.05, 0) is 38.2 Å². The number of rotatable bonds is 13. The second-order valence-corrected chi connectivity index (χ2v) is 8.41. The van der Waals surface area contributed by atoms with Crippen LogP contribution in [0.1, 0.15) is 78.7 Å². The summed E-state index contributed by atoms with van der Waals surface area (Å²) in [4.78, 5) is 31.7. The van der Waals surface area contributed by atoms with Gasteiger partial charge >= 0.3 is 17.9 Å². The molecule has 1 aromatic rings. The third-order valence-electron chi connectivity index (χ3n) is 4.82. The fourth-order valence-electron chi connectivity index (χ4n) is 2.35. The van der Waals surface area contributed by atoms with E-state index >= 15 is 0 Å². The number of carbonyl (C=O) groups is 3. The van der Waals surface area contributed by atoms with E-state index in [9.17, 15) is 14.4 Å². The van der Waals surface area contributed by atoms with Crippen LogP contribution in [-0.2, 0) is 28.6 Å². The van der Waals surface area contributed by atoms with E-state index in [4.69, 9.17) is 4.74 Å². The molecule has 0 spiro atoms. The van der Waals surface area contributed by atoms with Crippen molar-refractivity contribution in [1.82, 2.24) is 0 Å². The molecule has 0 saturated carbocycles. The zero-order valence-electron chi connectivity index (χ0n) is 25.6. The van der Waals surface area contributed by atoms with Crippen LogP contribution >= 0.6 is 0 Å². The summed E-state index contributed by atoms with van der Waals surface area (Å²) >= 11 is 0. The van der Waals surface area contributed by atoms with E-state index < -0.39 is 0 Å². The maximum Gasteiger partial charge on any atom is 0.333 e. The number of unbranched alkanes of at least 4 members (excludes halogenated alkanes) is 2.